The fourth-order valence-corrected chi connectivity index (χ4v) is 3.92. The first-order valence-electron chi connectivity index (χ1n) is 9.61. The van der Waals surface area contributed by atoms with Crippen LogP contribution in [0.4, 0.5) is 0 Å². The number of carbonyl (C=O) groups excluding carboxylic acids is 2. The van der Waals surface area contributed by atoms with Gasteiger partial charge in [0.1, 0.15) is 11.6 Å². The van der Waals surface area contributed by atoms with Crippen molar-refractivity contribution in [3.05, 3.63) is 11.6 Å². The first kappa shape index (κ1) is 18.8. The van der Waals surface area contributed by atoms with Gasteiger partial charge >= 0.3 is 0 Å². The van der Waals surface area contributed by atoms with Crippen molar-refractivity contribution < 1.29 is 9.59 Å². The first-order valence-corrected chi connectivity index (χ1v) is 9.61. The van der Waals surface area contributed by atoms with Crippen molar-refractivity contribution in [2.45, 2.75) is 51.6 Å². The molecule has 0 spiro atoms. The molecule has 0 aromatic carbocycles. The van der Waals surface area contributed by atoms with Gasteiger partial charge in [-0.15, -0.1) is 10.2 Å². The van der Waals surface area contributed by atoms with Gasteiger partial charge in [0.2, 0.25) is 11.8 Å². The van der Waals surface area contributed by atoms with E-state index in [-0.39, 0.29) is 18.4 Å². The smallest absolute Gasteiger partial charge is 0.242 e. The maximum Gasteiger partial charge on any atom is 0.242 e. The predicted octanol–water partition coefficient (Wildman–Crippen LogP) is 0.688. The second-order valence-electron chi connectivity index (χ2n) is 7.53. The minimum atomic E-state index is 0.0731. The van der Waals surface area contributed by atoms with Gasteiger partial charge in [0.15, 0.2) is 0 Å². The third-order valence-electron chi connectivity index (χ3n) is 5.34. The van der Waals surface area contributed by atoms with E-state index in [9.17, 15) is 9.59 Å². The van der Waals surface area contributed by atoms with E-state index in [1.165, 1.54) is 0 Å². The highest BCUT2D eigenvalue weighted by molar-refractivity contribution is 5.85. The van der Waals surface area contributed by atoms with Crippen LogP contribution in [0.15, 0.2) is 0 Å². The van der Waals surface area contributed by atoms with Crippen molar-refractivity contribution in [1.82, 2.24) is 29.5 Å². The quantitative estimate of drug-likeness (QED) is 0.744. The lowest BCUT2D eigenvalue weighted by Gasteiger charge is -2.32. The summed E-state index contributed by atoms with van der Waals surface area (Å²) in [4.78, 5) is 29.9. The molecule has 3 heterocycles. The summed E-state index contributed by atoms with van der Waals surface area (Å²) in [6.07, 6.45) is 3.26. The van der Waals surface area contributed by atoms with Crippen LogP contribution in [0.25, 0.3) is 0 Å². The highest BCUT2D eigenvalue weighted by Gasteiger charge is 2.30. The largest absolute Gasteiger partial charge is 0.341 e. The van der Waals surface area contributed by atoms with E-state index < -0.39 is 0 Å². The molecule has 1 aromatic rings. The maximum atomic E-state index is 12.5. The van der Waals surface area contributed by atoms with Crippen LogP contribution >= 0.6 is 0 Å². The average Bonchev–Trinajstić information content (AvgIpc) is 3.20. The first-order chi connectivity index (χ1) is 12.5. The number of rotatable bonds is 6. The van der Waals surface area contributed by atoms with E-state index in [0.29, 0.717) is 12.3 Å². The number of nitrogens with zero attached hydrogens (tertiary/aromatic N) is 6. The summed E-state index contributed by atoms with van der Waals surface area (Å²) in [5.41, 5.74) is 0. The summed E-state index contributed by atoms with van der Waals surface area (Å²) in [5, 5.41) is 8.84. The molecule has 8 heteroatoms. The maximum absolute atomic E-state index is 12.5. The van der Waals surface area contributed by atoms with E-state index >= 15 is 0 Å². The molecule has 2 fully saturated rings. The molecule has 2 aliphatic rings. The number of piperidine rings is 1. The third kappa shape index (κ3) is 4.06. The number of carbonyl (C=O) groups is 2. The molecule has 0 radical (unpaired) electrons. The Labute approximate surface area is 155 Å². The lowest BCUT2D eigenvalue weighted by Crippen LogP contribution is -2.44. The van der Waals surface area contributed by atoms with Crippen LogP contribution in [-0.4, -0.2) is 81.6 Å². The molecular weight excluding hydrogens is 332 g/mol. The molecule has 3 rings (SSSR count). The fourth-order valence-electron chi connectivity index (χ4n) is 3.92. The van der Waals surface area contributed by atoms with Gasteiger partial charge < -0.3 is 19.3 Å². The fraction of sp³-hybridized carbons (Fsp3) is 0.778. The van der Waals surface area contributed by atoms with E-state index in [4.69, 9.17) is 0 Å². The van der Waals surface area contributed by atoms with Crippen LogP contribution in [0.2, 0.25) is 0 Å². The molecule has 26 heavy (non-hydrogen) atoms. The van der Waals surface area contributed by atoms with Crippen molar-refractivity contribution >= 4 is 11.8 Å². The Bertz CT molecular complexity index is 648. The van der Waals surface area contributed by atoms with Gasteiger partial charge in [0.25, 0.3) is 0 Å². The van der Waals surface area contributed by atoms with Crippen LogP contribution in [0.5, 0.6) is 0 Å². The van der Waals surface area contributed by atoms with Gasteiger partial charge in [-0.2, -0.15) is 0 Å². The van der Waals surface area contributed by atoms with Crippen molar-refractivity contribution in [1.29, 1.82) is 0 Å². The molecule has 2 saturated heterocycles. The van der Waals surface area contributed by atoms with Gasteiger partial charge in [-0.25, -0.2) is 0 Å². The van der Waals surface area contributed by atoms with E-state index in [0.717, 1.165) is 63.6 Å². The van der Waals surface area contributed by atoms with E-state index in [1.54, 1.807) is 4.90 Å². The number of aromatic nitrogens is 3. The highest BCUT2D eigenvalue weighted by atomic mass is 16.2. The number of hydrogen-bond acceptors (Lipinski definition) is 5. The molecule has 0 saturated carbocycles. The Kier molecular flexibility index (Phi) is 5.90. The Morgan fingerprint density at radius 3 is 2.50 bits per heavy atom. The normalized spacial score (nSPS) is 19.0. The van der Waals surface area contributed by atoms with Crippen molar-refractivity contribution in [2.75, 3.05) is 40.3 Å². The Morgan fingerprint density at radius 2 is 1.92 bits per heavy atom. The molecule has 0 aliphatic carbocycles. The number of likely N-dealkylation sites (tertiary alicyclic amines) is 2. The van der Waals surface area contributed by atoms with Gasteiger partial charge in [0.05, 0.1) is 13.1 Å². The average molecular weight is 362 g/mol. The zero-order chi connectivity index (χ0) is 18.7. The second-order valence-corrected chi connectivity index (χ2v) is 7.53. The van der Waals surface area contributed by atoms with Crippen molar-refractivity contribution in [3.8, 4) is 0 Å². The zero-order valence-electron chi connectivity index (χ0n) is 16.1. The summed E-state index contributed by atoms with van der Waals surface area (Å²) in [7, 11) is 4.06. The molecule has 144 valence electrons. The Hall–Kier alpha value is -1.96. The lowest BCUT2D eigenvalue weighted by molar-refractivity contribution is -0.139. The van der Waals surface area contributed by atoms with Crippen LogP contribution in [-0.2, 0) is 22.7 Å². The highest BCUT2D eigenvalue weighted by Crippen LogP contribution is 2.27. The van der Waals surface area contributed by atoms with Crippen LogP contribution in [0.1, 0.15) is 50.2 Å². The van der Waals surface area contributed by atoms with Crippen LogP contribution < -0.4 is 0 Å². The van der Waals surface area contributed by atoms with Crippen molar-refractivity contribution in [3.63, 3.8) is 0 Å². The Morgan fingerprint density at radius 1 is 1.19 bits per heavy atom. The minimum absolute atomic E-state index is 0.0731. The van der Waals surface area contributed by atoms with Crippen LogP contribution in [0, 0.1) is 0 Å². The number of amides is 2. The predicted molar refractivity (Wildman–Crippen MR) is 97.5 cm³/mol. The molecular formula is C18H30N6O2. The van der Waals surface area contributed by atoms with Crippen molar-refractivity contribution in [2.24, 2.45) is 0 Å². The topological polar surface area (TPSA) is 74.6 Å². The molecule has 2 aliphatic heterocycles. The minimum Gasteiger partial charge on any atom is -0.341 e. The molecule has 0 atom stereocenters. The third-order valence-corrected chi connectivity index (χ3v) is 5.34. The second kappa shape index (κ2) is 8.16. The summed E-state index contributed by atoms with van der Waals surface area (Å²) < 4.78 is 2.21. The zero-order valence-corrected chi connectivity index (χ0v) is 16.1. The lowest BCUT2D eigenvalue weighted by atomic mass is 9.95. The van der Waals surface area contributed by atoms with E-state index in [2.05, 4.69) is 26.6 Å². The monoisotopic (exact) mass is 362 g/mol. The van der Waals surface area contributed by atoms with Gasteiger partial charge in [-0.3, -0.25) is 9.59 Å². The van der Waals surface area contributed by atoms with Crippen LogP contribution in [0.3, 0.4) is 0 Å². The summed E-state index contributed by atoms with van der Waals surface area (Å²) in [6.45, 7) is 6.18. The molecule has 2 amide bonds. The molecule has 0 N–H and O–H groups in total. The Balaban J connectivity index is 1.57. The summed E-state index contributed by atoms with van der Waals surface area (Å²) in [5.74, 6) is 2.57. The molecule has 0 bridgehead atoms. The van der Waals surface area contributed by atoms with Gasteiger partial charge in [-0.1, -0.05) is 0 Å². The van der Waals surface area contributed by atoms with Gasteiger partial charge in [-0.05, 0) is 40.3 Å². The SMILES string of the molecule is CCn1c(CN(C)C)nnc1C1CCN(C(=O)CN2CCCC2=O)CC1. The van der Waals surface area contributed by atoms with Gasteiger partial charge in [0, 0.05) is 38.5 Å². The van der Waals surface area contributed by atoms with E-state index in [1.807, 2.05) is 19.0 Å². The number of hydrogen-bond donors (Lipinski definition) is 0. The summed E-state index contributed by atoms with van der Waals surface area (Å²) in [6, 6.07) is 0. The molecule has 8 nitrogen and oxygen atoms in total. The standard InChI is InChI=1S/C18H30N6O2/c1-4-24-15(12-21(2)3)19-20-18(24)14-7-10-22(11-8-14)17(26)13-23-9-5-6-16(23)25/h14H,4-13H2,1-3H3. The molecule has 1 aromatic heterocycles. The molecule has 0 unspecified atom stereocenters. The summed E-state index contributed by atoms with van der Waals surface area (Å²) >= 11 is 0.